The van der Waals surface area contributed by atoms with Crippen LogP contribution < -0.4 is 5.56 Å². The summed E-state index contributed by atoms with van der Waals surface area (Å²) in [7, 11) is 0. The number of aromatic nitrogens is 2. The molecule has 0 unspecified atom stereocenters. The monoisotopic (exact) mass is 180 g/mol. The van der Waals surface area contributed by atoms with E-state index in [1.54, 1.807) is 6.07 Å². The Bertz CT molecular complexity index is 195. The molecule has 0 atom stereocenters. The van der Waals surface area contributed by atoms with Gasteiger partial charge in [0.15, 0.2) is 0 Å². The maximum atomic E-state index is 10.2. The van der Waals surface area contributed by atoms with E-state index in [-0.39, 0.29) is 10.9 Å². The van der Waals surface area contributed by atoms with Gasteiger partial charge >= 0.3 is 0 Å². The normalized spacial score (nSPS) is 7.80. The van der Waals surface area contributed by atoms with Crippen LogP contribution in [0.4, 0.5) is 0 Å². The SMILES string of the molecule is ClCCl.O=c1cccn[nH]1. The van der Waals surface area contributed by atoms with Crippen LogP contribution in [0.15, 0.2) is 23.1 Å². The fourth-order valence-corrected chi connectivity index (χ4v) is 0.312. The summed E-state index contributed by atoms with van der Waals surface area (Å²) in [5.41, 5.74) is -0.164. The first kappa shape index (κ1) is 9.46. The number of nitrogens with one attached hydrogen (secondary N) is 1. The molecule has 0 aliphatic carbocycles. The summed E-state index contributed by atoms with van der Waals surface area (Å²) in [5.74, 6) is 0. The molecule has 0 spiro atoms. The van der Waals surface area contributed by atoms with Crippen LogP contribution in [-0.4, -0.2) is 15.5 Å². The molecule has 0 aliphatic rings. The van der Waals surface area contributed by atoms with Crippen molar-refractivity contribution < 1.29 is 0 Å². The van der Waals surface area contributed by atoms with Gasteiger partial charge in [-0.3, -0.25) is 4.79 Å². The molecule has 56 valence electrons. The van der Waals surface area contributed by atoms with E-state index >= 15 is 0 Å². The highest BCUT2D eigenvalue weighted by molar-refractivity contribution is 6.40. The molecular formula is C5H6Cl2N2O. The summed E-state index contributed by atoms with van der Waals surface area (Å²) in [6, 6.07) is 2.99. The molecule has 1 rings (SSSR count). The van der Waals surface area contributed by atoms with Crippen molar-refractivity contribution in [2.45, 2.75) is 0 Å². The zero-order valence-electron chi connectivity index (χ0n) is 5.05. The Hall–Kier alpha value is -0.540. The van der Waals surface area contributed by atoms with Gasteiger partial charge < -0.3 is 0 Å². The summed E-state index contributed by atoms with van der Waals surface area (Å²) in [6.45, 7) is 0. The molecule has 1 heterocycles. The van der Waals surface area contributed by atoms with E-state index in [2.05, 4.69) is 10.2 Å². The highest BCUT2D eigenvalue weighted by Crippen LogP contribution is 1.73. The quantitative estimate of drug-likeness (QED) is 0.611. The van der Waals surface area contributed by atoms with Crippen molar-refractivity contribution in [2.24, 2.45) is 0 Å². The van der Waals surface area contributed by atoms with Crippen molar-refractivity contribution in [1.82, 2.24) is 10.2 Å². The molecule has 1 N–H and O–H groups in total. The third-order valence-corrected chi connectivity index (χ3v) is 0.583. The van der Waals surface area contributed by atoms with Gasteiger partial charge in [-0.15, -0.1) is 23.2 Å². The number of hydrogen-bond donors (Lipinski definition) is 1. The first-order chi connectivity index (χ1) is 4.81. The molecular weight excluding hydrogens is 175 g/mol. The molecule has 0 bridgehead atoms. The average molecular weight is 181 g/mol. The molecule has 0 saturated carbocycles. The molecule has 3 nitrogen and oxygen atoms in total. The van der Waals surface area contributed by atoms with Crippen LogP contribution >= 0.6 is 23.2 Å². The minimum Gasteiger partial charge on any atom is -0.268 e. The van der Waals surface area contributed by atoms with Crippen LogP contribution in [0.1, 0.15) is 0 Å². The van der Waals surface area contributed by atoms with E-state index in [0.717, 1.165) is 0 Å². The van der Waals surface area contributed by atoms with E-state index in [0.29, 0.717) is 0 Å². The molecule has 1 aromatic heterocycles. The van der Waals surface area contributed by atoms with Crippen LogP contribution in [-0.2, 0) is 0 Å². The Morgan fingerprint density at radius 1 is 1.60 bits per heavy atom. The summed E-state index contributed by atoms with van der Waals surface area (Å²) in [4.78, 5) is 10.2. The number of H-pyrrole nitrogens is 1. The van der Waals surface area contributed by atoms with Gasteiger partial charge in [-0.1, -0.05) is 0 Å². The van der Waals surface area contributed by atoms with E-state index in [1.807, 2.05) is 0 Å². The van der Waals surface area contributed by atoms with E-state index < -0.39 is 0 Å². The van der Waals surface area contributed by atoms with Gasteiger partial charge in [0.1, 0.15) is 0 Å². The van der Waals surface area contributed by atoms with E-state index in [4.69, 9.17) is 23.2 Å². The number of halogens is 2. The Labute approximate surface area is 68.0 Å². The molecule has 0 radical (unpaired) electrons. The molecule has 0 saturated heterocycles. The zero-order chi connectivity index (χ0) is 7.82. The lowest BCUT2D eigenvalue weighted by molar-refractivity contribution is 0.988. The molecule has 5 heteroatoms. The van der Waals surface area contributed by atoms with Crippen LogP contribution in [0.2, 0.25) is 0 Å². The standard InChI is InChI=1S/C4H4N2O.CH2Cl2/c7-4-2-1-3-5-6-4;2-1-3/h1-3H,(H,6,7);1H2. The molecule has 0 amide bonds. The van der Waals surface area contributed by atoms with Crippen LogP contribution in [0, 0.1) is 0 Å². The lowest BCUT2D eigenvalue weighted by atomic mass is 10.6. The van der Waals surface area contributed by atoms with Crippen LogP contribution in [0.3, 0.4) is 0 Å². The second-order valence-corrected chi connectivity index (χ2v) is 2.02. The number of nitrogens with zero attached hydrogens (tertiary/aromatic N) is 1. The van der Waals surface area contributed by atoms with E-state index in [9.17, 15) is 4.79 Å². The van der Waals surface area contributed by atoms with Crippen LogP contribution in [0.5, 0.6) is 0 Å². The molecule has 1 aromatic rings. The molecule has 0 aromatic carbocycles. The second kappa shape index (κ2) is 6.58. The van der Waals surface area contributed by atoms with E-state index in [1.165, 1.54) is 12.3 Å². The summed E-state index contributed by atoms with van der Waals surface area (Å²) in [5, 5.41) is 5.87. The third-order valence-electron chi connectivity index (χ3n) is 0.583. The van der Waals surface area contributed by atoms with Gasteiger partial charge in [-0.2, -0.15) is 5.10 Å². The van der Waals surface area contributed by atoms with Crippen molar-refractivity contribution in [2.75, 3.05) is 5.34 Å². The first-order valence-corrected chi connectivity index (χ1v) is 3.49. The van der Waals surface area contributed by atoms with Crippen molar-refractivity contribution in [3.63, 3.8) is 0 Å². The van der Waals surface area contributed by atoms with Crippen molar-refractivity contribution >= 4 is 23.2 Å². The average Bonchev–Trinajstić information content (AvgIpc) is 1.91. The lowest BCUT2D eigenvalue weighted by Crippen LogP contribution is -2.02. The maximum absolute atomic E-state index is 10.2. The van der Waals surface area contributed by atoms with Gasteiger partial charge in [0.05, 0.1) is 5.34 Å². The van der Waals surface area contributed by atoms with Crippen molar-refractivity contribution in [3.05, 3.63) is 28.7 Å². The highest BCUT2D eigenvalue weighted by Gasteiger charge is 1.70. The smallest absolute Gasteiger partial charge is 0.264 e. The fraction of sp³-hybridized carbons (Fsp3) is 0.200. The number of alkyl halides is 2. The first-order valence-electron chi connectivity index (χ1n) is 2.43. The minimum atomic E-state index is -0.164. The fourth-order valence-electron chi connectivity index (χ4n) is 0.312. The molecule has 10 heavy (non-hydrogen) atoms. The van der Waals surface area contributed by atoms with Gasteiger partial charge in [0.2, 0.25) is 0 Å². The lowest BCUT2D eigenvalue weighted by Gasteiger charge is -1.72. The zero-order valence-corrected chi connectivity index (χ0v) is 6.56. The van der Waals surface area contributed by atoms with Gasteiger partial charge in [-0.25, -0.2) is 5.10 Å². The third kappa shape index (κ3) is 5.59. The van der Waals surface area contributed by atoms with Crippen molar-refractivity contribution in [3.8, 4) is 0 Å². The number of hydrogen-bond acceptors (Lipinski definition) is 2. The molecule has 0 fully saturated rings. The highest BCUT2D eigenvalue weighted by atomic mass is 35.5. The summed E-state index contributed by atoms with van der Waals surface area (Å²) in [6.07, 6.45) is 1.52. The van der Waals surface area contributed by atoms with Crippen LogP contribution in [0.25, 0.3) is 0 Å². The summed E-state index contributed by atoms with van der Waals surface area (Å²) < 4.78 is 0. The Balaban J connectivity index is 0.000000236. The summed E-state index contributed by atoms with van der Waals surface area (Å²) >= 11 is 9.53. The Morgan fingerprint density at radius 3 is 2.40 bits per heavy atom. The second-order valence-electron chi connectivity index (χ2n) is 1.21. The number of rotatable bonds is 0. The predicted octanol–water partition coefficient (Wildman–Crippen LogP) is 1.19. The van der Waals surface area contributed by atoms with Gasteiger partial charge in [0.25, 0.3) is 5.56 Å². The Morgan fingerprint density at radius 2 is 2.20 bits per heavy atom. The minimum absolute atomic E-state index is 0.164. The predicted molar refractivity (Wildman–Crippen MR) is 41.4 cm³/mol. The van der Waals surface area contributed by atoms with Gasteiger partial charge in [0, 0.05) is 12.3 Å². The molecule has 0 aliphatic heterocycles. The van der Waals surface area contributed by atoms with Crippen molar-refractivity contribution in [1.29, 1.82) is 0 Å². The van der Waals surface area contributed by atoms with Gasteiger partial charge in [-0.05, 0) is 6.07 Å². The maximum Gasteiger partial charge on any atom is 0.264 e. The Kier molecular flexibility index (Phi) is 6.22. The largest absolute Gasteiger partial charge is 0.268 e. The number of aromatic amines is 1. The topological polar surface area (TPSA) is 45.8 Å².